The zero-order valence-corrected chi connectivity index (χ0v) is 8.78. The van der Waals surface area contributed by atoms with Gasteiger partial charge in [-0.05, 0) is 39.2 Å². The van der Waals surface area contributed by atoms with Crippen molar-refractivity contribution in [2.45, 2.75) is 40.5 Å². The summed E-state index contributed by atoms with van der Waals surface area (Å²) >= 11 is 0. The molecular formula is C12H20. The highest BCUT2D eigenvalue weighted by molar-refractivity contribution is 5.26. The lowest BCUT2D eigenvalue weighted by atomic mass is 10.1. The summed E-state index contributed by atoms with van der Waals surface area (Å²) in [6.45, 7) is 12.4. The fourth-order valence-electron chi connectivity index (χ4n) is 1.06. The molecule has 0 aliphatic heterocycles. The maximum Gasteiger partial charge on any atom is -0.0161 e. The first kappa shape index (κ1) is 11.2. The normalized spacial score (nSPS) is 11.2. The van der Waals surface area contributed by atoms with Crippen molar-refractivity contribution >= 4 is 0 Å². The smallest absolute Gasteiger partial charge is 0.0161 e. The maximum atomic E-state index is 3.94. The van der Waals surface area contributed by atoms with E-state index in [-0.39, 0.29) is 0 Å². The van der Waals surface area contributed by atoms with E-state index in [9.17, 15) is 0 Å². The van der Waals surface area contributed by atoms with Crippen LogP contribution in [0.1, 0.15) is 40.5 Å². The van der Waals surface area contributed by atoms with Crippen LogP contribution in [-0.4, -0.2) is 0 Å². The van der Waals surface area contributed by atoms with E-state index in [4.69, 9.17) is 0 Å². The molecule has 0 radical (unpaired) electrons. The molecule has 12 heavy (non-hydrogen) atoms. The summed E-state index contributed by atoms with van der Waals surface area (Å²) < 4.78 is 0. The molecule has 0 saturated carbocycles. The Labute approximate surface area is 76.7 Å². The molecule has 68 valence electrons. The van der Waals surface area contributed by atoms with Crippen LogP contribution in [0.25, 0.3) is 0 Å². The fourth-order valence-corrected chi connectivity index (χ4v) is 1.06. The van der Waals surface area contributed by atoms with Gasteiger partial charge in [-0.1, -0.05) is 36.8 Å². The van der Waals surface area contributed by atoms with Gasteiger partial charge in [-0.15, -0.1) is 0 Å². The van der Waals surface area contributed by atoms with Gasteiger partial charge in [0.2, 0.25) is 0 Å². The maximum absolute atomic E-state index is 3.94. The van der Waals surface area contributed by atoms with Gasteiger partial charge in [0.1, 0.15) is 0 Å². The quantitative estimate of drug-likeness (QED) is 0.430. The molecule has 0 aliphatic carbocycles. The van der Waals surface area contributed by atoms with Crippen LogP contribution in [0.3, 0.4) is 0 Å². The minimum absolute atomic E-state index is 1.04. The molecule has 0 saturated heterocycles. The zero-order chi connectivity index (χ0) is 9.56. The van der Waals surface area contributed by atoms with Crippen LogP contribution in [-0.2, 0) is 0 Å². The van der Waals surface area contributed by atoms with Crippen molar-refractivity contribution in [1.29, 1.82) is 0 Å². The third-order valence-electron chi connectivity index (χ3n) is 1.82. The fraction of sp³-hybridized carbons (Fsp3) is 0.500. The van der Waals surface area contributed by atoms with Gasteiger partial charge >= 0.3 is 0 Å². The second-order valence-electron chi connectivity index (χ2n) is 3.38. The van der Waals surface area contributed by atoms with Gasteiger partial charge < -0.3 is 0 Å². The van der Waals surface area contributed by atoms with Gasteiger partial charge in [-0.25, -0.2) is 0 Å². The average molecular weight is 164 g/mol. The first-order valence-corrected chi connectivity index (χ1v) is 4.56. The first-order valence-electron chi connectivity index (χ1n) is 4.56. The summed E-state index contributed by atoms with van der Waals surface area (Å²) in [6.07, 6.45) is 6.62. The lowest BCUT2D eigenvalue weighted by Gasteiger charge is -2.01. The molecule has 0 aromatic heterocycles. The Morgan fingerprint density at radius 3 is 2.08 bits per heavy atom. The predicted molar refractivity (Wildman–Crippen MR) is 57.2 cm³/mol. The van der Waals surface area contributed by atoms with Crippen LogP contribution in [0.4, 0.5) is 0 Å². The molecule has 0 bridgehead atoms. The summed E-state index contributed by atoms with van der Waals surface area (Å²) in [5.74, 6) is 0. The number of allylic oxidation sites excluding steroid dienone is 5. The standard InChI is InChI=1S/C12H20/c1-6-12(11(4)5)9-7-8-10(2)3/h8-9H,4,6-7H2,1-3,5H3. The molecule has 0 atom stereocenters. The molecule has 0 aromatic carbocycles. The van der Waals surface area contributed by atoms with E-state index in [0.29, 0.717) is 0 Å². The van der Waals surface area contributed by atoms with Gasteiger partial charge in [-0.3, -0.25) is 0 Å². The van der Waals surface area contributed by atoms with E-state index in [1.54, 1.807) is 0 Å². The number of rotatable bonds is 4. The van der Waals surface area contributed by atoms with Crippen molar-refractivity contribution in [2.24, 2.45) is 0 Å². The minimum Gasteiger partial charge on any atom is -0.0958 e. The van der Waals surface area contributed by atoms with E-state index < -0.39 is 0 Å². The highest BCUT2D eigenvalue weighted by Gasteiger charge is 1.91. The average Bonchev–Trinajstić information content (AvgIpc) is 1.96. The predicted octanol–water partition coefficient (Wildman–Crippen LogP) is 4.26. The van der Waals surface area contributed by atoms with Crippen LogP contribution in [0.5, 0.6) is 0 Å². The van der Waals surface area contributed by atoms with E-state index in [0.717, 1.165) is 12.8 Å². The molecule has 0 fully saturated rings. The highest BCUT2D eigenvalue weighted by Crippen LogP contribution is 2.12. The molecule has 0 amide bonds. The third-order valence-corrected chi connectivity index (χ3v) is 1.82. The van der Waals surface area contributed by atoms with E-state index >= 15 is 0 Å². The van der Waals surface area contributed by atoms with Crippen molar-refractivity contribution in [2.75, 3.05) is 0 Å². The molecule has 0 nitrogen and oxygen atoms in total. The van der Waals surface area contributed by atoms with E-state index in [1.165, 1.54) is 16.7 Å². The highest BCUT2D eigenvalue weighted by atomic mass is 14.0. The summed E-state index contributed by atoms with van der Waals surface area (Å²) in [4.78, 5) is 0. The van der Waals surface area contributed by atoms with Crippen molar-refractivity contribution in [3.63, 3.8) is 0 Å². The lowest BCUT2D eigenvalue weighted by molar-refractivity contribution is 1.08. The first-order chi connectivity index (χ1) is 5.57. The molecule has 0 rings (SSSR count). The Balaban J connectivity index is 4.13. The molecule has 0 heterocycles. The van der Waals surface area contributed by atoms with E-state index in [2.05, 4.69) is 46.4 Å². The lowest BCUT2D eigenvalue weighted by Crippen LogP contribution is -1.81. The van der Waals surface area contributed by atoms with Crippen LogP contribution in [0.2, 0.25) is 0 Å². The Kier molecular flexibility index (Phi) is 5.44. The van der Waals surface area contributed by atoms with Gasteiger partial charge in [-0.2, -0.15) is 0 Å². The second-order valence-corrected chi connectivity index (χ2v) is 3.38. The van der Waals surface area contributed by atoms with Crippen LogP contribution in [0, 0.1) is 0 Å². The third kappa shape index (κ3) is 4.95. The molecule has 0 unspecified atom stereocenters. The molecular weight excluding hydrogens is 144 g/mol. The van der Waals surface area contributed by atoms with Gasteiger partial charge in [0.15, 0.2) is 0 Å². The Bertz CT molecular complexity index is 200. The van der Waals surface area contributed by atoms with Gasteiger partial charge in [0, 0.05) is 0 Å². The summed E-state index contributed by atoms with van der Waals surface area (Å²) in [6, 6.07) is 0. The van der Waals surface area contributed by atoms with Crippen molar-refractivity contribution in [3.8, 4) is 0 Å². The van der Waals surface area contributed by atoms with Crippen molar-refractivity contribution < 1.29 is 0 Å². The zero-order valence-electron chi connectivity index (χ0n) is 8.78. The van der Waals surface area contributed by atoms with Crippen molar-refractivity contribution in [1.82, 2.24) is 0 Å². The minimum atomic E-state index is 1.04. The van der Waals surface area contributed by atoms with Crippen LogP contribution in [0.15, 0.2) is 35.5 Å². The second kappa shape index (κ2) is 5.82. The van der Waals surface area contributed by atoms with E-state index in [1.807, 2.05) is 0 Å². The monoisotopic (exact) mass is 164 g/mol. The summed E-state index contributed by atoms with van der Waals surface area (Å²) in [7, 11) is 0. The summed E-state index contributed by atoms with van der Waals surface area (Å²) in [5, 5.41) is 0. The Hall–Kier alpha value is -0.780. The molecule has 0 N–H and O–H groups in total. The van der Waals surface area contributed by atoms with Crippen LogP contribution < -0.4 is 0 Å². The van der Waals surface area contributed by atoms with Gasteiger partial charge in [0.25, 0.3) is 0 Å². The molecule has 0 aliphatic rings. The topological polar surface area (TPSA) is 0 Å². The van der Waals surface area contributed by atoms with Crippen molar-refractivity contribution in [3.05, 3.63) is 35.5 Å². The molecule has 0 aromatic rings. The number of hydrogen-bond donors (Lipinski definition) is 0. The molecule has 0 spiro atoms. The largest absolute Gasteiger partial charge is 0.0958 e. The SMILES string of the molecule is C=C(C)C(=CCC=C(C)C)CC. The van der Waals surface area contributed by atoms with Crippen LogP contribution >= 0.6 is 0 Å². The van der Waals surface area contributed by atoms with Gasteiger partial charge in [0.05, 0.1) is 0 Å². The molecule has 0 heteroatoms. The number of hydrogen-bond acceptors (Lipinski definition) is 0. The summed E-state index contributed by atoms with van der Waals surface area (Å²) in [5.41, 5.74) is 3.95. The Morgan fingerprint density at radius 2 is 1.75 bits per heavy atom. The Morgan fingerprint density at radius 1 is 1.17 bits per heavy atom.